The summed E-state index contributed by atoms with van der Waals surface area (Å²) in [7, 11) is 0. The molecule has 2 saturated heterocycles. The molecule has 0 aromatic heterocycles. The number of amides is 2. The fraction of sp³-hybridized carbons (Fsp3) is 0.529. The zero-order chi connectivity index (χ0) is 16.2. The second kappa shape index (κ2) is 8.70. The third-order valence-corrected chi connectivity index (χ3v) is 4.85. The number of carbonyl (C=O) groups excluding carboxylic acids is 2. The lowest BCUT2D eigenvalue weighted by Gasteiger charge is -2.33. The van der Waals surface area contributed by atoms with Gasteiger partial charge < -0.3 is 15.5 Å². The van der Waals surface area contributed by atoms with Gasteiger partial charge in [0.15, 0.2) is 0 Å². The average Bonchev–Trinajstić information content (AvgIpc) is 2.53. The summed E-state index contributed by atoms with van der Waals surface area (Å²) in [4.78, 5) is 26.6. The quantitative estimate of drug-likeness (QED) is 0.850. The van der Waals surface area contributed by atoms with Gasteiger partial charge in [-0.15, -0.1) is 12.4 Å². The molecule has 2 N–H and O–H groups in total. The Bertz CT molecular complexity index is 576. The van der Waals surface area contributed by atoms with Crippen molar-refractivity contribution in [2.75, 3.05) is 32.7 Å². The van der Waals surface area contributed by atoms with Crippen molar-refractivity contribution in [3.63, 3.8) is 0 Å². The first-order valence-corrected chi connectivity index (χ1v) is 8.54. The van der Waals surface area contributed by atoms with Crippen LogP contribution in [0.4, 0.5) is 0 Å². The average molecular weight is 372 g/mol. The predicted octanol–water partition coefficient (Wildman–Crippen LogP) is 1.95. The molecule has 5 nitrogen and oxygen atoms in total. The van der Waals surface area contributed by atoms with Crippen LogP contribution in [0.25, 0.3) is 0 Å². The van der Waals surface area contributed by atoms with E-state index in [1.165, 1.54) is 0 Å². The number of rotatable bonds is 4. The summed E-state index contributed by atoms with van der Waals surface area (Å²) in [5.41, 5.74) is 0.621. The molecule has 1 unspecified atom stereocenters. The molecule has 1 atom stereocenters. The molecule has 2 fully saturated rings. The first-order chi connectivity index (χ1) is 11.1. The van der Waals surface area contributed by atoms with Crippen LogP contribution in [0, 0.1) is 11.8 Å². The SMILES string of the molecule is Cl.O=C(NCC1CNC1)C1CCCN(C(=O)c2ccc(Cl)cc2)C1. The van der Waals surface area contributed by atoms with Crippen LogP contribution in [-0.2, 0) is 4.79 Å². The highest BCUT2D eigenvalue weighted by Gasteiger charge is 2.29. The zero-order valence-corrected chi connectivity index (χ0v) is 15.0. The smallest absolute Gasteiger partial charge is 0.253 e. The number of nitrogens with one attached hydrogen (secondary N) is 2. The molecule has 2 heterocycles. The molecule has 132 valence electrons. The molecule has 0 aliphatic carbocycles. The predicted molar refractivity (Wildman–Crippen MR) is 96.7 cm³/mol. The molecule has 0 radical (unpaired) electrons. The maximum absolute atomic E-state index is 12.5. The van der Waals surface area contributed by atoms with E-state index in [4.69, 9.17) is 11.6 Å². The minimum Gasteiger partial charge on any atom is -0.355 e. The molecular weight excluding hydrogens is 349 g/mol. The standard InChI is InChI=1S/C17H22ClN3O2.ClH/c18-15-5-3-13(4-6-15)17(23)21-7-1-2-14(11-21)16(22)20-10-12-8-19-9-12;/h3-6,12,14,19H,1-2,7-11H2,(H,20,22);1H. The van der Waals surface area contributed by atoms with Gasteiger partial charge in [-0.1, -0.05) is 11.6 Å². The van der Waals surface area contributed by atoms with E-state index in [1.807, 2.05) is 0 Å². The Labute approximate surface area is 153 Å². The molecule has 1 aromatic carbocycles. The first kappa shape index (κ1) is 19.0. The molecule has 0 spiro atoms. The molecule has 0 saturated carbocycles. The molecule has 24 heavy (non-hydrogen) atoms. The van der Waals surface area contributed by atoms with Crippen LogP contribution >= 0.6 is 24.0 Å². The molecule has 2 aliphatic heterocycles. The van der Waals surface area contributed by atoms with Crippen molar-refractivity contribution in [1.29, 1.82) is 0 Å². The molecule has 0 bridgehead atoms. The molecule has 3 rings (SSSR count). The topological polar surface area (TPSA) is 61.4 Å². The Hall–Kier alpha value is -1.30. The third kappa shape index (κ3) is 4.62. The lowest BCUT2D eigenvalue weighted by Crippen LogP contribution is -2.50. The number of hydrogen-bond donors (Lipinski definition) is 2. The van der Waals surface area contributed by atoms with Gasteiger partial charge in [0.05, 0.1) is 5.92 Å². The normalized spacial score (nSPS) is 20.7. The highest BCUT2D eigenvalue weighted by atomic mass is 35.5. The number of hydrogen-bond acceptors (Lipinski definition) is 3. The maximum atomic E-state index is 12.5. The minimum absolute atomic E-state index is 0. The second-order valence-electron chi connectivity index (χ2n) is 6.37. The first-order valence-electron chi connectivity index (χ1n) is 8.17. The Morgan fingerprint density at radius 1 is 1.25 bits per heavy atom. The van der Waals surface area contributed by atoms with E-state index in [1.54, 1.807) is 29.2 Å². The van der Waals surface area contributed by atoms with Crippen molar-refractivity contribution in [1.82, 2.24) is 15.5 Å². The lowest BCUT2D eigenvalue weighted by atomic mass is 9.95. The van der Waals surface area contributed by atoms with E-state index in [2.05, 4.69) is 10.6 Å². The van der Waals surface area contributed by atoms with Crippen LogP contribution in [0.5, 0.6) is 0 Å². The van der Waals surface area contributed by atoms with Crippen LogP contribution in [-0.4, -0.2) is 49.4 Å². The number of nitrogens with zero attached hydrogens (tertiary/aromatic N) is 1. The van der Waals surface area contributed by atoms with Gasteiger partial charge in [0.25, 0.3) is 5.91 Å². The molecule has 2 aliphatic rings. The van der Waals surface area contributed by atoms with E-state index in [9.17, 15) is 9.59 Å². The zero-order valence-electron chi connectivity index (χ0n) is 13.5. The minimum atomic E-state index is -0.104. The number of halogens is 2. The number of benzene rings is 1. The fourth-order valence-corrected chi connectivity index (χ4v) is 3.16. The second-order valence-corrected chi connectivity index (χ2v) is 6.80. The fourth-order valence-electron chi connectivity index (χ4n) is 3.03. The van der Waals surface area contributed by atoms with Gasteiger partial charge in [0.2, 0.25) is 5.91 Å². The van der Waals surface area contributed by atoms with Gasteiger partial charge in [-0.05, 0) is 37.1 Å². The monoisotopic (exact) mass is 371 g/mol. The van der Waals surface area contributed by atoms with E-state index >= 15 is 0 Å². The maximum Gasteiger partial charge on any atom is 0.253 e. The Balaban J connectivity index is 0.00000208. The van der Waals surface area contributed by atoms with E-state index in [-0.39, 0.29) is 30.1 Å². The van der Waals surface area contributed by atoms with Crippen molar-refractivity contribution >= 4 is 35.8 Å². The lowest BCUT2D eigenvalue weighted by molar-refractivity contribution is -0.126. The van der Waals surface area contributed by atoms with Gasteiger partial charge >= 0.3 is 0 Å². The van der Waals surface area contributed by atoms with Crippen molar-refractivity contribution < 1.29 is 9.59 Å². The van der Waals surface area contributed by atoms with Gasteiger partial charge in [-0.3, -0.25) is 9.59 Å². The van der Waals surface area contributed by atoms with Crippen LogP contribution in [0.2, 0.25) is 5.02 Å². The Morgan fingerprint density at radius 3 is 2.58 bits per heavy atom. The van der Waals surface area contributed by atoms with Gasteiger partial charge in [0.1, 0.15) is 0 Å². The summed E-state index contributed by atoms with van der Waals surface area (Å²) in [6.45, 7) is 3.89. The van der Waals surface area contributed by atoms with Crippen LogP contribution in [0.15, 0.2) is 24.3 Å². The highest BCUT2D eigenvalue weighted by Crippen LogP contribution is 2.20. The summed E-state index contributed by atoms with van der Waals surface area (Å²) in [5.74, 6) is 0.496. The van der Waals surface area contributed by atoms with E-state index in [0.717, 1.165) is 32.5 Å². The van der Waals surface area contributed by atoms with E-state index < -0.39 is 0 Å². The van der Waals surface area contributed by atoms with Gasteiger partial charge in [0, 0.05) is 49.2 Å². The van der Waals surface area contributed by atoms with Gasteiger partial charge in [-0.2, -0.15) is 0 Å². The van der Waals surface area contributed by atoms with Gasteiger partial charge in [-0.25, -0.2) is 0 Å². The molecule has 1 aromatic rings. The highest BCUT2D eigenvalue weighted by molar-refractivity contribution is 6.30. The summed E-state index contributed by atoms with van der Waals surface area (Å²) in [5, 5.41) is 6.84. The summed E-state index contributed by atoms with van der Waals surface area (Å²) in [6.07, 6.45) is 1.71. The number of likely N-dealkylation sites (tertiary alicyclic amines) is 1. The Kier molecular flexibility index (Phi) is 6.90. The number of piperidine rings is 1. The largest absolute Gasteiger partial charge is 0.355 e. The van der Waals surface area contributed by atoms with Crippen LogP contribution in [0.3, 0.4) is 0 Å². The Morgan fingerprint density at radius 2 is 1.96 bits per heavy atom. The third-order valence-electron chi connectivity index (χ3n) is 4.60. The number of carbonyl (C=O) groups is 2. The van der Waals surface area contributed by atoms with Crippen LogP contribution < -0.4 is 10.6 Å². The van der Waals surface area contributed by atoms with Crippen molar-refractivity contribution in [3.05, 3.63) is 34.9 Å². The van der Waals surface area contributed by atoms with Crippen molar-refractivity contribution in [2.24, 2.45) is 11.8 Å². The molecule has 2 amide bonds. The molecular formula is C17H23Cl2N3O2. The summed E-state index contributed by atoms with van der Waals surface area (Å²) < 4.78 is 0. The molecule has 7 heteroatoms. The van der Waals surface area contributed by atoms with Crippen LogP contribution in [0.1, 0.15) is 23.2 Å². The van der Waals surface area contributed by atoms with Crippen molar-refractivity contribution in [3.8, 4) is 0 Å². The summed E-state index contributed by atoms with van der Waals surface area (Å²) >= 11 is 5.86. The van der Waals surface area contributed by atoms with E-state index in [0.29, 0.717) is 29.6 Å². The van der Waals surface area contributed by atoms with Crippen molar-refractivity contribution in [2.45, 2.75) is 12.8 Å². The summed E-state index contributed by atoms with van der Waals surface area (Å²) in [6, 6.07) is 6.90.